The van der Waals surface area contributed by atoms with Gasteiger partial charge in [0.05, 0.1) is 5.71 Å². The molecule has 0 radical (unpaired) electrons. The largest absolute Gasteiger partial charge is 0.387 e. The molecular formula is C9H16N2. The van der Waals surface area contributed by atoms with Gasteiger partial charge in [0, 0.05) is 18.9 Å². The maximum Gasteiger partial charge on any atom is 0.0625 e. The molecule has 0 unspecified atom stereocenters. The maximum absolute atomic E-state index is 4.21. The monoisotopic (exact) mass is 152 g/mol. The van der Waals surface area contributed by atoms with E-state index in [0.29, 0.717) is 0 Å². The first-order valence-electron chi connectivity index (χ1n) is 3.81. The summed E-state index contributed by atoms with van der Waals surface area (Å²) in [5, 5.41) is 2.97. The van der Waals surface area contributed by atoms with Gasteiger partial charge in [-0.05, 0) is 13.3 Å². The molecule has 0 bridgehead atoms. The van der Waals surface area contributed by atoms with Crippen molar-refractivity contribution >= 4 is 5.71 Å². The Bertz CT molecular complexity index is 178. The molecule has 0 heterocycles. The van der Waals surface area contributed by atoms with Crippen molar-refractivity contribution in [1.82, 2.24) is 5.32 Å². The summed E-state index contributed by atoms with van der Waals surface area (Å²) >= 11 is 0. The topological polar surface area (TPSA) is 24.4 Å². The third-order valence-corrected chi connectivity index (χ3v) is 1.36. The van der Waals surface area contributed by atoms with Gasteiger partial charge in [0.15, 0.2) is 0 Å². The molecule has 0 rings (SSSR count). The third-order valence-electron chi connectivity index (χ3n) is 1.36. The van der Waals surface area contributed by atoms with Crippen LogP contribution in [0.1, 0.15) is 20.3 Å². The molecule has 1 N–H and O–H groups in total. The fraction of sp³-hybridized carbons (Fsp3) is 0.444. The zero-order valence-electron chi connectivity index (χ0n) is 7.52. The number of aliphatic imine (C=N–C) groups is 1. The van der Waals surface area contributed by atoms with Crippen LogP contribution >= 0.6 is 0 Å². The van der Waals surface area contributed by atoms with Crippen LogP contribution in [0.15, 0.2) is 29.5 Å². The van der Waals surface area contributed by atoms with Gasteiger partial charge < -0.3 is 5.32 Å². The molecule has 0 amide bonds. The molecule has 0 aliphatic heterocycles. The molecule has 0 spiro atoms. The lowest BCUT2D eigenvalue weighted by Gasteiger charge is -2.04. The molecule has 0 aromatic heterocycles. The van der Waals surface area contributed by atoms with E-state index in [9.17, 15) is 0 Å². The summed E-state index contributed by atoms with van der Waals surface area (Å²) in [6, 6.07) is 0. The number of nitrogens with zero attached hydrogens (tertiary/aromatic N) is 1. The van der Waals surface area contributed by atoms with Gasteiger partial charge in [-0.2, -0.15) is 0 Å². The molecule has 2 heteroatoms. The highest BCUT2D eigenvalue weighted by Gasteiger charge is 1.96. The van der Waals surface area contributed by atoms with Crippen LogP contribution in [0.2, 0.25) is 0 Å². The van der Waals surface area contributed by atoms with Crippen LogP contribution in [0, 0.1) is 0 Å². The quantitative estimate of drug-likeness (QED) is 0.613. The molecule has 62 valence electrons. The summed E-state index contributed by atoms with van der Waals surface area (Å²) < 4.78 is 0. The first kappa shape index (κ1) is 9.95. The first-order chi connectivity index (χ1) is 5.26. The Kier molecular flexibility index (Phi) is 5.17. The van der Waals surface area contributed by atoms with Crippen molar-refractivity contribution in [3.8, 4) is 0 Å². The van der Waals surface area contributed by atoms with Crippen molar-refractivity contribution in [2.75, 3.05) is 7.05 Å². The van der Waals surface area contributed by atoms with Crippen molar-refractivity contribution in [1.29, 1.82) is 0 Å². The molecule has 0 saturated heterocycles. The van der Waals surface area contributed by atoms with E-state index in [2.05, 4.69) is 23.8 Å². The predicted octanol–water partition coefficient (Wildman–Crippen LogP) is 2.10. The fourth-order valence-electron chi connectivity index (χ4n) is 0.691. The van der Waals surface area contributed by atoms with E-state index < -0.39 is 0 Å². The second-order valence-corrected chi connectivity index (χ2v) is 2.14. The molecular weight excluding hydrogens is 136 g/mol. The third kappa shape index (κ3) is 3.61. The molecule has 0 atom stereocenters. The van der Waals surface area contributed by atoms with Crippen molar-refractivity contribution in [2.45, 2.75) is 20.3 Å². The Morgan fingerprint density at radius 3 is 2.64 bits per heavy atom. The molecule has 0 aromatic carbocycles. The number of hydrogen-bond acceptors (Lipinski definition) is 2. The van der Waals surface area contributed by atoms with E-state index >= 15 is 0 Å². The number of hydrogen-bond donors (Lipinski definition) is 1. The number of nitrogens with one attached hydrogen (secondary N) is 1. The first-order valence-corrected chi connectivity index (χ1v) is 3.81. The van der Waals surface area contributed by atoms with Gasteiger partial charge in [-0.15, -0.1) is 0 Å². The lowest BCUT2D eigenvalue weighted by atomic mass is 10.2. The maximum atomic E-state index is 4.21. The highest BCUT2D eigenvalue weighted by Crippen LogP contribution is 1.95. The Labute approximate surface area is 68.7 Å². The van der Waals surface area contributed by atoms with E-state index in [1.54, 1.807) is 6.20 Å². The Morgan fingerprint density at radius 2 is 2.27 bits per heavy atom. The smallest absolute Gasteiger partial charge is 0.0625 e. The van der Waals surface area contributed by atoms with Crippen molar-refractivity contribution < 1.29 is 0 Å². The van der Waals surface area contributed by atoms with E-state index in [4.69, 9.17) is 0 Å². The number of allylic oxidation sites excluding steroid dienone is 2. The molecule has 2 nitrogen and oxygen atoms in total. The normalized spacial score (nSPS) is 12.1. The van der Waals surface area contributed by atoms with Crippen LogP contribution in [0.25, 0.3) is 0 Å². The zero-order chi connectivity index (χ0) is 8.69. The Hall–Kier alpha value is -1.05. The lowest BCUT2D eigenvalue weighted by Crippen LogP contribution is -2.13. The van der Waals surface area contributed by atoms with Gasteiger partial charge in [0.2, 0.25) is 0 Å². The summed E-state index contributed by atoms with van der Waals surface area (Å²) in [5.41, 5.74) is 1.90. The van der Waals surface area contributed by atoms with Crippen LogP contribution in [0.5, 0.6) is 0 Å². The fourth-order valence-corrected chi connectivity index (χ4v) is 0.691. The summed E-state index contributed by atoms with van der Waals surface area (Å²) in [7, 11) is 1.85. The van der Waals surface area contributed by atoms with Crippen molar-refractivity contribution in [3.63, 3.8) is 0 Å². The van der Waals surface area contributed by atoms with Crippen LogP contribution in [-0.2, 0) is 0 Å². The van der Waals surface area contributed by atoms with Crippen LogP contribution < -0.4 is 5.32 Å². The van der Waals surface area contributed by atoms with Gasteiger partial charge in [0.25, 0.3) is 0 Å². The minimum atomic E-state index is 0.894. The van der Waals surface area contributed by atoms with Gasteiger partial charge in [-0.3, -0.25) is 4.99 Å². The Morgan fingerprint density at radius 1 is 1.64 bits per heavy atom. The van der Waals surface area contributed by atoms with Crippen LogP contribution in [0.4, 0.5) is 0 Å². The minimum Gasteiger partial charge on any atom is -0.387 e. The van der Waals surface area contributed by atoms with E-state index in [0.717, 1.165) is 17.8 Å². The molecule has 0 aliphatic rings. The van der Waals surface area contributed by atoms with Gasteiger partial charge in [-0.1, -0.05) is 19.6 Å². The summed E-state index contributed by atoms with van der Waals surface area (Å²) in [6.07, 6.45) is 4.59. The second kappa shape index (κ2) is 5.71. The molecule has 0 aromatic rings. The minimum absolute atomic E-state index is 0.894. The molecule has 0 saturated carbocycles. The lowest BCUT2D eigenvalue weighted by molar-refractivity contribution is 1.04. The molecule has 0 aliphatic carbocycles. The highest BCUT2D eigenvalue weighted by molar-refractivity contribution is 5.99. The van der Waals surface area contributed by atoms with Crippen LogP contribution in [0.3, 0.4) is 0 Å². The van der Waals surface area contributed by atoms with E-state index in [1.807, 2.05) is 20.0 Å². The highest BCUT2D eigenvalue weighted by atomic mass is 14.9. The Balaban J connectivity index is 4.26. The molecule has 11 heavy (non-hydrogen) atoms. The summed E-state index contributed by atoms with van der Waals surface area (Å²) in [4.78, 5) is 4.21. The predicted molar refractivity (Wildman–Crippen MR) is 50.7 cm³/mol. The van der Waals surface area contributed by atoms with Gasteiger partial charge >= 0.3 is 0 Å². The molecule has 0 fully saturated rings. The average molecular weight is 152 g/mol. The average Bonchev–Trinajstić information content (AvgIpc) is 2.05. The SMILES string of the molecule is C=C(NC)C(CC)=N/C=C\C. The zero-order valence-corrected chi connectivity index (χ0v) is 7.52. The van der Waals surface area contributed by atoms with Crippen molar-refractivity contribution in [2.24, 2.45) is 4.99 Å². The van der Waals surface area contributed by atoms with Crippen molar-refractivity contribution in [3.05, 3.63) is 24.6 Å². The standard InChI is InChI=1S/C9H16N2/c1-5-7-11-9(6-2)8(3)10-4/h5,7,10H,3,6H2,1-2,4H3/b7-5-,11-9?. The summed E-state index contributed by atoms with van der Waals surface area (Å²) in [5.74, 6) is 0. The summed E-state index contributed by atoms with van der Waals surface area (Å²) in [6.45, 7) is 7.83. The second-order valence-electron chi connectivity index (χ2n) is 2.14. The van der Waals surface area contributed by atoms with Gasteiger partial charge in [-0.25, -0.2) is 0 Å². The van der Waals surface area contributed by atoms with Crippen LogP contribution in [-0.4, -0.2) is 12.8 Å². The van der Waals surface area contributed by atoms with E-state index in [-0.39, 0.29) is 0 Å². The number of rotatable bonds is 4. The van der Waals surface area contributed by atoms with Gasteiger partial charge in [0.1, 0.15) is 0 Å². The van der Waals surface area contributed by atoms with E-state index in [1.165, 1.54) is 0 Å².